The lowest BCUT2D eigenvalue weighted by Gasteiger charge is -2.25. The van der Waals surface area contributed by atoms with Crippen molar-refractivity contribution in [2.75, 3.05) is 20.2 Å². The number of nitrogens with one attached hydrogen (secondary N) is 1. The Morgan fingerprint density at radius 3 is 2.68 bits per heavy atom. The number of nitrogens with zero attached hydrogens (tertiary/aromatic N) is 1. The number of methoxy groups -OCH3 is 1. The van der Waals surface area contributed by atoms with Crippen LogP contribution in [0.2, 0.25) is 0 Å². The maximum absolute atomic E-state index is 12.7. The molecule has 0 unspecified atom stereocenters. The summed E-state index contributed by atoms with van der Waals surface area (Å²) in [6.07, 6.45) is 0.982. The molecule has 1 heterocycles. The van der Waals surface area contributed by atoms with Gasteiger partial charge in [-0.15, -0.1) is 0 Å². The summed E-state index contributed by atoms with van der Waals surface area (Å²) in [6, 6.07) is 18.7. The van der Waals surface area contributed by atoms with Crippen LogP contribution in [0.25, 0.3) is 0 Å². The molecule has 132 valence electrons. The zero-order chi connectivity index (χ0) is 17.6. The Bertz CT molecular complexity index is 702. The van der Waals surface area contributed by atoms with Crippen LogP contribution in [-0.4, -0.2) is 37.0 Å². The van der Waals surface area contributed by atoms with Crippen LogP contribution in [-0.2, 0) is 11.3 Å². The smallest absolute Gasteiger partial charge is 0.251 e. The van der Waals surface area contributed by atoms with Crippen molar-refractivity contribution in [2.24, 2.45) is 0 Å². The monoisotopic (exact) mass is 338 g/mol. The molecule has 0 saturated carbocycles. The summed E-state index contributed by atoms with van der Waals surface area (Å²) in [6.45, 7) is 4.56. The number of amides is 1. The molecule has 3 rings (SSSR count). The van der Waals surface area contributed by atoms with E-state index in [4.69, 9.17) is 4.74 Å². The first-order chi connectivity index (χ1) is 12.2. The zero-order valence-corrected chi connectivity index (χ0v) is 14.9. The molecule has 0 radical (unpaired) electrons. The van der Waals surface area contributed by atoms with Gasteiger partial charge in [-0.25, -0.2) is 0 Å². The van der Waals surface area contributed by atoms with E-state index >= 15 is 0 Å². The van der Waals surface area contributed by atoms with Crippen molar-refractivity contribution in [2.45, 2.75) is 32.0 Å². The van der Waals surface area contributed by atoms with Crippen LogP contribution in [0.1, 0.15) is 40.9 Å². The van der Waals surface area contributed by atoms with Crippen LogP contribution in [0.3, 0.4) is 0 Å². The third-order valence-corrected chi connectivity index (χ3v) is 4.95. The van der Waals surface area contributed by atoms with Gasteiger partial charge in [-0.2, -0.15) is 0 Å². The number of carbonyl (C=O) groups is 1. The minimum absolute atomic E-state index is 0.00753. The average molecular weight is 338 g/mol. The minimum Gasteiger partial charge on any atom is -0.380 e. The first-order valence-corrected chi connectivity index (χ1v) is 8.85. The molecule has 2 aromatic rings. The van der Waals surface area contributed by atoms with Crippen LogP contribution in [0.15, 0.2) is 54.6 Å². The molecule has 1 aliphatic rings. The summed E-state index contributed by atoms with van der Waals surface area (Å²) < 4.78 is 5.20. The van der Waals surface area contributed by atoms with Gasteiger partial charge in [0.2, 0.25) is 0 Å². The summed E-state index contributed by atoms with van der Waals surface area (Å²) in [7, 11) is 1.65. The minimum atomic E-state index is -0.00753. The van der Waals surface area contributed by atoms with Gasteiger partial charge in [0, 0.05) is 37.8 Å². The fourth-order valence-corrected chi connectivity index (χ4v) is 3.49. The fourth-order valence-electron chi connectivity index (χ4n) is 3.49. The van der Waals surface area contributed by atoms with Crippen molar-refractivity contribution >= 4 is 5.91 Å². The standard InChI is InChI=1S/C21H26N2O2/c1-16(17-8-4-3-5-9-17)23-13-12-19(14-23)22-21(24)20-11-7-6-10-18(20)15-25-2/h3-11,16,19H,12-15H2,1-2H3,(H,22,24)/t16-,19+/m1/s1. The molecule has 4 nitrogen and oxygen atoms in total. The molecule has 25 heavy (non-hydrogen) atoms. The SMILES string of the molecule is COCc1ccccc1C(=O)N[C@H]1CCN([C@H](C)c2ccccc2)C1. The van der Waals surface area contributed by atoms with Gasteiger partial charge in [0.15, 0.2) is 0 Å². The quantitative estimate of drug-likeness (QED) is 0.878. The maximum atomic E-state index is 12.7. The molecule has 1 N–H and O–H groups in total. The fraction of sp³-hybridized carbons (Fsp3) is 0.381. The van der Waals surface area contributed by atoms with Gasteiger partial charge in [-0.1, -0.05) is 48.5 Å². The van der Waals surface area contributed by atoms with Crippen LogP contribution in [0.5, 0.6) is 0 Å². The summed E-state index contributed by atoms with van der Waals surface area (Å²) >= 11 is 0. The van der Waals surface area contributed by atoms with E-state index in [-0.39, 0.29) is 11.9 Å². The number of hydrogen-bond acceptors (Lipinski definition) is 3. The Kier molecular flexibility index (Phi) is 5.84. The first kappa shape index (κ1) is 17.6. The molecular formula is C21H26N2O2. The van der Waals surface area contributed by atoms with E-state index in [1.807, 2.05) is 30.3 Å². The van der Waals surface area contributed by atoms with Gasteiger partial charge in [-0.3, -0.25) is 9.69 Å². The summed E-state index contributed by atoms with van der Waals surface area (Å²) in [5, 5.41) is 3.19. The van der Waals surface area contributed by atoms with Gasteiger partial charge in [0.25, 0.3) is 5.91 Å². The van der Waals surface area contributed by atoms with E-state index in [2.05, 4.69) is 41.4 Å². The lowest BCUT2D eigenvalue weighted by molar-refractivity contribution is 0.0931. The Morgan fingerprint density at radius 2 is 1.92 bits per heavy atom. The summed E-state index contributed by atoms with van der Waals surface area (Å²) in [5.41, 5.74) is 2.95. The van der Waals surface area contributed by atoms with E-state index in [9.17, 15) is 4.79 Å². The van der Waals surface area contributed by atoms with E-state index in [0.717, 1.165) is 25.1 Å². The van der Waals surface area contributed by atoms with Gasteiger partial charge in [-0.05, 0) is 30.5 Å². The van der Waals surface area contributed by atoms with Crippen molar-refractivity contribution in [1.82, 2.24) is 10.2 Å². The molecule has 1 aliphatic heterocycles. The molecule has 0 bridgehead atoms. The number of ether oxygens (including phenoxy) is 1. The molecule has 1 saturated heterocycles. The molecule has 2 atom stereocenters. The Hall–Kier alpha value is -2.17. The van der Waals surface area contributed by atoms with Crippen LogP contribution in [0.4, 0.5) is 0 Å². The van der Waals surface area contributed by atoms with Gasteiger partial charge < -0.3 is 10.1 Å². The topological polar surface area (TPSA) is 41.6 Å². The highest BCUT2D eigenvalue weighted by atomic mass is 16.5. The summed E-state index contributed by atoms with van der Waals surface area (Å²) in [4.78, 5) is 15.1. The molecule has 0 aliphatic carbocycles. The van der Waals surface area contributed by atoms with Crippen LogP contribution < -0.4 is 5.32 Å². The zero-order valence-electron chi connectivity index (χ0n) is 14.9. The summed E-state index contributed by atoms with van der Waals surface area (Å²) in [5.74, 6) is -0.00753. The Morgan fingerprint density at radius 1 is 1.20 bits per heavy atom. The van der Waals surface area contributed by atoms with E-state index < -0.39 is 0 Å². The molecule has 0 spiro atoms. The van der Waals surface area contributed by atoms with E-state index in [1.54, 1.807) is 7.11 Å². The average Bonchev–Trinajstić information content (AvgIpc) is 3.11. The molecule has 1 fully saturated rings. The first-order valence-electron chi connectivity index (χ1n) is 8.85. The second-order valence-electron chi connectivity index (χ2n) is 6.63. The van der Waals surface area contributed by atoms with E-state index in [1.165, 1.54) is 5.56 Å². The number of carbonyl (C=O) groups excluding carboxylic acids is 1. The highest BCUT2D eigenvalue weighted by Gasteiger charge is 2.28. The predicted molar refractivity (Wildman–Crippen MR) is 99.5 cm³/mol. The lowest BCUT2D eigenvalue weighted by Crippen LogP contribution is -2.38. The third-order valence-electron chi connectivity index (χ3n) is 4.95. The lowest BCUT2D eigenvalue weighted by atomic mass is 10.1. The Balaban J connectivity index is 1.61. The number of likely N-dealkylation sites (tertiary alicyclic amines) is 1. The predicted octanol–water partition coefficient (Wildman–Crippen LogP) is 3.40. The van der Waals surface area contributed by atoms with Crippen molar-refractivity contribution in [3.8, 4) is 0 Å². The van der Waals surface area contributed by atoms with Gasteiger partial charge in [0.1, 0.15) is 0 Å². The van der Waals surface area contributed by atoms with Crippen molar-refractivity contribution in [3.63, 3.8) is 0 Å². The third kappa shape index (κ3) is 4.27. The highest BCUT2D eigenvalue weighted by molar-refractivity contribution is 5.95. The largest absolute Gasteiger partial charge is 0.380 e. The highest BCUT2D eigenvalue weighted by Crippen LogP contribution is 2.24. The molecule has 0 aromatic heterocycles. The molecule has 4 heteroatoms. The number of hydrogen-bond donors (Lipinski definition) is 1. The maximum Gasteiger partial charge on any atom is 0.251 e. The van der Waals surface area contributed by atoms with Crippen LogP contribution in [0, 0.1) is 0 Å². The Labute approximate surface area is 149 Å². The van der Waals surface area contributed by atoms with Gasteiger partial charge in [0.05, 0.1) is 6.61 Å². The normalized spacial score (nSPS) is 18.9. The second-order valence-corrected chi connectivity index (χ2v) is 6.63. The van der Waals surface area contributed by atoms with E-state index in [0.29, 0.717) is 18.2 Å². The van der Waals surface area contributed by atoms with Crippen LogP contribution >= 0.6 is 0 Å². The van der Waals surface area contributed by atoms with Crippen molar-refractivity contribution in [3.05, 3.63) is 71.3 Å². The number of rotatable bonds is 6. The van der Waals surface area contributed by atoms with Crippen molar-refractivity contribution in [1.29, 1.82) is 0 Å². The molecule has 1 amide bonds. The molecule has 2 aromatic carbocycles. The van der Waals surface area contributed by atoms with Gasteiger partial charge >= 0.3 is 0 Å². The molecular weight excluding hydrogens is 312 g/mol. The second kappa shape index (κ2) is 8.28. The number of benzene rings is 2. The van der Waals surface area contributed by atoms with Crippen molar-refractivity contribution < 1.29 is 9.53 Å².